The Morgan fingerprint density at radius 2 is 1.64 bits per heavy atom. The molecule has 6 nitrogen and oxygen atoms in total. The summed E-state index contributed by atoms with van der Waals surface area (Å²) < 4.78 is 5.64. The number of benzene rings is 2. The van der Waals surface area contributed by atoms with Crippen molar-refractivity contribution in [3.8, 4) is 5.75 Å². The lowest BCUT2D eigenvalue weighted by atomic mass is 10.1. The summed E-state index contributed by atoms with van der Waals surface area (Å²) in [6.45, 7) is 5.55. The van der Waals surface area contributed by atoms with Crippen molar-refractivity contribution in [1.82, 2.24) is 0 Å². The van der Waals surface area contributed by atoms with Crippen LogP contribution in [-0.4, -0.2) is 25.0 Å². The molecule has 25 heavy (non-hydrogen) atoms. The van der Waals surface area contributed by atoms with Gasteiger partial charge in [0, 0.05) is 11.4 Å². The lowest BCUT2D eigenvalue weighted by Gasteiger charge is -2.13. The molecule has 6 heteroatoms. The summed E-state index contributed by atoms with van der Waals surface area (Å²) in [6, 6.07) is 11.1. The predicted octanol–water partition coefficient (Wildman–Crippen LogP) is 2.53. The van der Waals surface area contributed by atoms with Crippen LogP contribution in [0.4, 0.5) is 11.4 Å². The average Bonchev–Trinajstić information content (AvgIpc) is 2.57. The first kappa shape index (κ1) is 18.5. The molecule has 0 aliphatic carbocycles. The van der Waals surface area contributed by atoms with Crippen LogP contribution in [-0.2, 0) is 9.59 Å². The molecule has 2 aromatic carbocycles. The third-order valence-electron chi connectivity index (χ3n) is 3.74. The number of ether oxygens (including phenoxy) is 1. The molecule has 2 amide bonds. The number of carbonyl (C=O) groups is 2. The normalized spacial score (nSPS) is 10.2. The molecule has 0 radical (unpaired) electrons. The van der Waals surface area contributed by atoms with E-state index in [4.69, 9.17) is 10.5 Å². The first-order chi connectivity index (χ1) is 11.9. The van der Waals surface area contributed by atoms with Gasteiger partial charge in [-0.25, -0.2) is 0 Å². The van der Waals surface area contributed by atoms with E-state index in [2.05, 4.69) is 10.6 Å². The van der Waals surface area contributed by atoms with Crippen molar-refractivity contribution in [2.75, 3.05) is 23.8 Å². The Bertz CT molecular complexity index is 767. The summed E-state index contributed by atoms with van der Waals surface area (Å²) in [5, 5.41) is 5.46. The van der Waals surface area contributed by atoms with Gasteiger partial charge in [-0.15, -0.1) is 0 Å². The van der Waals surface area contributed by atoms with E-state index >= 15 is 0 Å². The number of amides is 2. The summed E-state index contributed by atoms with van der Waals surface area (Å²) in [5.41, 5.74) is 9.35. The first-order valence-electron chi connectivity index (χ1n) is 8.00. The number of para-hydroxylation sites is 1. The number of rotatable bonds is 6. The Balaban J connectivity index is 2.01. The average molecular weight is 341 g/mol. The molecule has 0 aliphatic rings. The van der Waals surface area contributed by atoms with Gasteiger partial charge in [-0.1, -0.05) is 24.3 Å². The maximum atomic E-state index is 12.1. The Hall–Kier alpha value is -2.86. The number of anilines is 2. The van der Waals surface area contributed by atoms with Crippen molar-refractivity contribution >= 4 is 23.2 Å². The molecule has 132 valence electrons. The maximum Gasteiger partial charge on any atom is 0.262 e. The zero-order valence-electron chi connectivity index (χ0n) is 14.7. The van der Waals surface area contributed by atoms with Crippen molar-refractivity contribution in [1.29, 1.82) is 0 Å². The fourth-order valence-corrected chi connectivity index (χ4v) is 2.40. The van der Waals surface area contributed by atoms with Crippen molar-refractivity contribution in [2.45, 2.75) is 20.8 Å². The first-order valence-corrected chi connectivity index (χ1v) is 8.00. The van der Waals surface area contributed by atoms with Gasteiger partial charge in [-0.05, 0) is 49.6 Å². The SMILES string of the molecule is Cc1ccc(NC(=O)COc2c(C)cccc2C)cc1NC(=O)CN. The molecule has 0 spiro atoms. The molecule has 0 aromatic heterocycles. The van der Waals surface area contributed by atoms with Crippen LogP contribution in [0.2, 0.25) is 0 Å². The monoisotopic (exact) mass is 341 g/mol. The molecule has 2 aromatic rings. The molecule has 2 rings (SSSR count). The zero-order chi connectivity index (χ0) is 18.4. The van der Waals surface area contributed by atoms with Gasteiger partial charge in [0.25, 0.3) is 5.91 Å². The van der Waals surface area contributed by atoms with Crippen molar-refractivity contribution in [2.24, 2.45) is 5.73 Å². The number of nitrogens with one attached hydrogen (secondary N) is 2. The largest absolute Gasteiger partial charge is 0.483 e. The summed E-state index contributed by atoms with van der Waals surface area (Å²) in [5.74, 6) is 0.157. The summed E-state index contributed by atoms with van der Waals surface area (Å²) in [6.07, 6.45) is 0. The van der Waals surface area contributed by atoms with Crippen LogP contribution in [0, 0.1) is 20.8 Å². The molecule has 0 heterocycles. The van der Waals surface area contributed by atoms with E-state index in [9.17, 15) is 9.59 Å². The quantitative estimate of drug-likeness (QED) is 0.752. The minimum Gasteiger partial charge on any atom is -0.483 e. The molecule has 0 saturated carbocycles. The highest BCUT2D eigenvalue weighted by molar-refractivity contribution is 5.95. The minimum absolute atomic E-state index is 0.0932. The summed E-state index contributed by atoms with van der Waals surface area (Å²) in [4.78, 5) is 23.6. The molecule has 4 N–H and O–H groups in total. The van der Waals surface area contributed by atoms with Gasteiger partial charge < -0.3 is 21.1 Å². The predicted molar refractivity (Wildman–Crippen MR) is 98.9 cm³/mol. The van der Waals surface area contributed by atoms with E-state index < -0.39 is 0 Å². The van der Waals surface area contributed by atoms with Crippen LogP contribution in [0.25, 0.3) is 0 Å². The van der Waals surface area contributed by atoms with Crippen molar-refractivity contribution in [3.63, 3.8) is 0 Å². The van der Waals surface area contributed by atoms with Gasteiger partial charge in [0.15, 0.2) is 6.61 Å². The van der Waals surface area contributed by atoms with Gasteiger partial charge in [0.05, 0.1) is 6.54 Å². The molecule has 0 atom stereocenters. The van der Waals surface area contributed by atoms with Crippen LogP contribution in [0.3, 0.4) is 0 Å². The Morgan fingerprint density at radius 3 is 2.28 bits per heavy atom. The van der Waals surface area contributed by atoms with E-state index in [1.807, 2.05) is 45.0 Å². The second kappa shape index (κ2) is 8.30. The van der Waals surface area contributed by atoms with Crippen LogP contribution < -0.4 is 21.1 Å². The topological polar surface area (TPSA) is 93.5 Å². The van der Waals surface area contributed by atoms with Crippen molar-refractivity contribution < 1.29 is 14.3 Å². The molecule has 0 fully saturated rings. The molecule has 0 bridgehead atoms. The van der Waals surface area contributed by atoms with Gasteiger partial charge in [-0.3, -0.25) is 9.59 Å². The molecule has 0 unspecified atom stereocenters. The van der Waals surface area contributed by atoms with Gasteiger partial charge in [0.2, 0.25) is 5.91 Å². The highest BCUT2D eigenvalue weighted by Crippen LogP contribution is 2.23. The van der Waals surface area contributed by atoms with E-state index in [-0.39, 0.29) is 25.0 Å². The number of hydrogen-bond acceptors (Lipinski definition) is 4. The highest BCUT2D eigenvalue weighted by Gasteiger charge is 2.09. The van der Waals surface area contributed by atoms with Crippen LogP contribution in [0.5, 0.6) is 5.75 Å². The molecule has 0 aliphatic heterocycles. The van der Waals surface area contributed by atoms with E-state index in [0.29, 0.717) is 11.4 Å². The standard InChI is InChI=1S/C19H23N3O3/c1-12-7-8-15(9-16(12)22-17(23)10-20)21-18(24)11-25-19-13(2)5-4-6-14(19)3/h4-9H,10-11,20H2,1-3H3,(H,21,24)(H,22,23). The minimum atomic E-state index is -0.287. The van der Waals surface area contributed by atoms with Gasteiger partial charge in [-0.2, -0.15) is 0 Å². The molecule has 0 saturated heterocycles. The Kier molecular flexibility index (Phi) is 6.14. The number of hydrogen-bond donors (Lipinski definition) is 3. The maximum absolute atomic E-state index is 12.1. The van der Waals surface area contributed by atoms with Gasteiger partial charge >= 0.3 is 0 Å². The zero-order valence-corrected chi connectivity index (χ0v) is 14.7. The fourth-order valence-electron chi connectivity index (χ4n) is 2.40. The number of nitrogens with two attached hydrogens (primary N) is 1. The van der Waals surface area contributed by atoms with Gasteiger partial charge in [0.1, 0.15) is 5.75 Å². The van der Waals surface area contributed by atoms with E-state index in [1.54, 1.807) is 12.1 Å². The number of aryl methyl sites for hydroxylation is 3. The molecular formula is C19H23N3O3. The lowest BCUT2D eigenvalue weighted by molar-refractivity contribution is -0.118. The second-order valence-electron chi connectivity index (χ2n) is 5.84. The molecular weight excluding hydrogens is 318 g/mol. The van der Waals surface area contributed by atoms with Crippen LogP contribution in [0.1, 0.15) is 16.7 Å². The Morgan fingerprint density at radius 1 is 0.960 bits per heavy atom. The summed E-state index contributed by atoms with van der Waals surface area (Å²) >= 11 is 0. The van der Waals surface area contributed by atoms with E-state index in [0.717, 1.165) is 22.4 Å². The fraction of sp³-hybridized carbons (Fsp3) is 0.263. The highest BCUT2D eigenvalue weighted by atomic mass is 16.5. The van der Waals surface area contributed by atoms with E-state index in [1.165, 1.54) is 0 Å². The second-order valence-corrected chi connectivity index (χ2v) is 5.84. The lowest BCUT2D eigenvalue weighted by Crippen LogP contribution is -2.23. The third kappa shape index (κ3) is 5.06. The third-order valence-corrected chi connectivity index (χ3v) is 3.74. The Labute approximate surface area is 147 Å². The van der Waals surface area contributed by atoms with Crippen LogP contribution in [0.15, 0.2) is 36.4 Å². The smallest absolute Gasteiger partial charge is 0.262 e. The summed E-state index contributed by atoms with van der Waals surface area (Å²) in [7, 11) is 0. The number of carbonyl (C=O) groups excluding carboxylic acids is 2. The van der Waals surface area contributed by atoms with Crippen LogP contribution >= 0.6 is 0 Å². The van der Waals surface area contributed by atoms with Crippen molar-refractivity contribution in [3.05, 3.63) is 53.1 Å².